The molecule has 1 atom stereocenters. The quantitative estimate of drug-likeness (QED) is 0.901. The summed E-state index contributed by atoms with van der Waals surface area (Å²) < 4.78 is 1.24. The maximum absolute atomic E-state index is 6.70. The molecule has 0 aromatic carbocycles. The van der Waals surface area contributed by atoms with E-state index in [0.29, 0.717) is 5.54 Å². The van der Waals surface area contributed by atoms with Gasteiger partial charge in [0.2, 0.25) is 0 Å². The Morgan fingerprint density at radius 1 is 1.26 bits per heavy atom. The van der Waals surface area contributed by atoms with Gasteiger partial charge in [0, 0.05) is 20.9 Å². The van der Waals surface area contributed by atoms with Crippen LogP contribution in [-0.4, -0.2) is 29.6 Å². The molecule has 106 valence electrons. The van der Waals surface area contributed by atoms with Gasteiger partial charge < -0.3 is 5.73 Å². The zero-order valence-electron chi connectivity index (χ0n) is 11.4. The molecule has 1 saturated carbocycles. The number of likely N-dealkylation sites (tertiary alicyclic amines) is 1. The number of hydrogen-bond donors (Lipinski definition) is 1. The highest BCUT2D eigenvalue weighted by Gasteiger charge is 2.45. The first-order valence-corrected chi connectivity index (χ1v) is 9.12. The Labute approximate surface area is 128 Å². The highest BCUT2D eigenvalue weighted by atomic mass is 79.9. The van der Waals surface area contributed by atoms with E-state index in [1.165, 1.54) is 61.0 Å². The maximum Gasteiger partial charge on any atom is 0.0363 e. The predicted molar refractivity (Wildman–Crippen MR) is 85.7 cm³/mol. The molecule has 2 N–H and O–H groups in total. The van der Waals surface area contributed by atoms with E-state index in [4.69, 9.17) is 5.73 Å². The van der Waals surface area contributed by atoms with Crippen molar-refractivity contribution >= 4 is 27.3 Å². The minimum absolute atomic E-state index is 0.281. The van der Waals surface area contributed by atoms with Crippen molar-refractivity contribution < 1.29 is 0 Å². The Hall–Kier alpha value is 0.1000. The zero-order chi connectivity index (χ0) is 13.3. The second-order valence-electron chi connectivity index (χ2n) is 6.01. The lowest BCUT2D eigenvalue weighted by molar-refractivity contribution is 0.0924. The molecule has 1 unspecified atom stereocenters. The summed E-state index contributed by atoms with van der Waals surface area (Å²) in [5, 5.41) is 2.16. The number of hydrogen-bond acceptors (Lipinski definition) is 3. The minimum Gasteiger partial charge on any atom is -0.326 e. The van der Waals surface area contributed by atoms with Crippen molar-refractivity contribution in [2.24, 2.45) is 5.73 Å². The summed E-state index contributed by atoms with van der Waals surface area (Å²) >= 11 is 5.48. The monoisotopic (exact) mass is 342 g/mol. The van der Waals surface area contributed by atoms with Gasteiger partial charge in [-0.05, 0) is 72.6 Å². The van der Waals surface area contributed by atoms with Gasteiger partial charge in [-0.15, -0.1) is 11.3 Å². The third-order valence-corrected chi connectivity index (χ3v) is 6.94. The molecule has 1 aliphatic carbocycles. The number of rotatable bonds is 4. The Bertz CT molecular complexity index is 420. The average molecular weight is 343 g/mol. The first-order chi connectivity index (χ1) is 9.22. The van der Waals surface area contributed by atoms with Crippen molar-refractivity contribution in [3.8, 4) is 0 Å². The fourth-order valence-corrected chi connectivity index (χ4v) is 5.51. The molecule has 2 aliphatic rings. The summed E-state index contributed by atoms with van der Waals surface area (Å²) in [6.07, 6.45) is 9.06. The van der Waals surface area contributed by atoms with Crippen molar-refractivity contribution in [3.63, 3.8) is 0 Å². The van der Waals surface area contributed by atoms with E-state index in [1.54, 1.807) is 0 Å². The number of halogens is 1. The van der Waals surface area contributed by atoms with Gasteiger partial charge in [0.1, 0.15) is 0 Å². The molecule has 2 nitrogen and oxygen atoms in total. The van der Waals surface area contributed by atoms with Crippen LogP contribution in [0.2, 0.25) is 0 Å². The Balaban J connectivity index is 1.78. The topological polar surface area (TPSA) is 29.3 Å². The van der Waals surface area contributed by atoms with Crippen LogP contribution in [-0.2, 0) is 6.42 Å². The van der Waals surface area contributed by atoms with Gasteiger partial charge in [-0.2, -0.15) is 0 Å². The molecular weight excluding hydrogens is 320 g/mol. The normalized spacial score (nSPS) is 24.9. The highest BCUT2D eigenvalue weighted by Crippen LogP contribution is 2.41. The van der Waals surface area contributed by atoms with Gasteiger partial charge in [0.05, 0.1) is 0 Å². The van der Waals surface area contributed by atoms with Gasteiger partial charge in [0.15, 0.2) is 0 Å². The molecule has 1 aliphatic heterocycles. The van der Waals surface area contributed by atoms with E-state index in [1.807, 2.05) is 11.3 Å². The molecule has 0 bridgehead atoms. The van der Waals surface area contributed by atoms with Crippen molar-refractivity contribution in [2.45, 2.75) is 56.5 Å². The highest BCUT2D eigenvalue weighted by molar-refractivity contribution is 9.10. The fraction of sp³-hybridized carbons (Fsp3) is 0.733. The van der Waals surface area contributed by atoms with Crippen molar-refractivity contribution in [2.75, 3.05) is 13.1 Å². The second-order valence-corrected chi connectivity index (χ2v) is 7.86. The Morgan fingerprint density at radius 3 is 2.53 bits per heavy atom. The lowest BCUT2D eigenvalue weighted by Gasteiger charge is -2.43. The predicted octanol–water partition coefficient (Wildman–Crippen LogP) is 3.79. The molecule has 4 heteroatoms. The molecule has 0 radical (unpaired) electrons. The largest absolute Gasteiger partial charge is 0.326 e. The van der Waals surface area contributed by atoms with Crippen LogP contribution in [0, 0.1) is 0 Å². The van der Waals surface area contributed by atoms with Gasteiger partial charge in [-0.25, -0.2) is 0 Å². The summed E-state index contributed by atoms with van der Waals surface area (Å²) in [6, 6.07) is 2.42. The Kier molecular flexibility index (Phi) is 4.32. The van der Waals surface area contributed by atoms with Gasteiger partial charge >= 0.3 is 0 Å². The molecule has 1 aromatic heterocycles. The number of nitrogens with zero attached hydrogens (tertiary/aromatic N) is 1. The van der Waals surface area contributed by atoms with Crippen molar-refractivity contribution in [3.05, 3.63) is 20.8 Å². The van der Waals surface area contributed by atoms with E-state index in [0.717, 1.165) is 6.42 Å². The molecule has 1 aromatic rings. The van der Waals surface area contributed by atoms with Crippen LogP contribution in [0.3, 0.4) is 0 Å². The molecule has 0 spiro atoms. The van der Waals surface area contributed by atoms with E-state index in [2.05, 4.69) is 32.3 Å². The first kappa shape index (κ1) is 14.1. The smallest absolute Gasteiger partial charge is 0.0363 e. The van der Waals surface area contributed by atoms with Crippen LogP contribution in [0.15, 0.2) is 15.9 Å². The molecule has 19 heavy (non-hydrogen) atoms. The lowest BCUT2D eigenvalue weighted by atomic mass is 9.84. The van der Waals surface area contributed by atoms with Crippen LogP contribution in [0.5, 0.6) is 0 Å². The summed E-state index contributed by atoms with van der Waals surface area (Å²) in [4.78, 5) is 4.13. The molecule has 1 saturated heterocycles. The van der Waals surface area contributed by atoms with E-state index in [9.17, 15) is 0 Å². The van der Waals surface area contributed by atoms with Crippen LogP contribution in [0.25, 0.3) is 0 Å². The van der Waals surface area contributed by atoms with Gasteiger partial charge in [0.25, 0.3) is 0 Å². The van der Waals surface area contributed by atoms with E-state index < -0.39 is 0 Å². The standard InChI is InChI=1S/C15H23BrN2S/c16-12-5-10-19-13(12)11-14(17)15(6-1-2-7-15)18-8-3-4-9-18/h5,10,14H,1-4,6-9,11,17H2. The molecule has 0 amide bonds. The Morgan fingerprint density at radius 2 is 1.95 bits per heavy atom. The fourth-order valence-electron chi connectivity index (χ4n) is 3.93. The van der Waals surface area contributed by atoms with Crippen LogP contribution in [0.4, 0.5) is 0 Å². The van der Waals surface area contributed by atoms with Crippen molar-refractivity contribution in [1.29, 1.82) is 0 Å². The lowest BCUT2D eigenvalue weighted by Crippen LogP contribution is -2.58. The third kappa shape index (κ3) is 2.65. The summed E-state index contributed by atoms with van der Waals surface area (Å²) in [5.74, 6) is 0. The zero-order valence-corrected chi connectivity index (χ0v) is 13.8. The summed E-state index contributed by atoms with van der Waals surface area (Å²) in [6.45, 7) is 2.53. The SMILES string of the molecule is NC(Cc1sccc1Br)C1(N2CCCC2)CCCC1. The maximum atomic E-state index is 6.70. The first-order valence-electron chi connectivity index (χ1n) is 7.45. The third-order valence-electron chi connectivity index (χ3n) is 4.99. The summed E-state index contributed by atoms with van der Waals surface area (Å²) in [5.41, 5.74) is 6.99. The van der Waals surface area contributed by atoms with Crippen molar-refractivity contribution in [1.82, 2.24) is 4.90 Å². The average Bonchev–Trinajstić information content (AvgIpc) is 3.10. The molecular formula is C15H23BrN2S. The van der Waals surface area contributed by atoms with E-state index >= 15 is 0 Å². The minimum atomic E-state index is 0.281. The van der Waals surface area contributed by atoms with Crippen LogP contribution >= 0.6 is 27.3 Å². The molecule has 2 fully saturated rings. The molecule has 3 rings (SSSR count). The number of thiophene rings is 1. The van der Waals surface area contributed by atoms with E-state index in [-0.39, 0.29) is 6.04 Å². The van der Waals surface area contributed by atoms with Crippen LogP contribution < -0.4 is 5.73 Å². The number of nitrogens with two attached hydrogens (primary N) is 1. The molecule has 2 heterocycles. The second kappa shape index (κ2) is 5.84. The summed E-state index contributed by atoms with van der Waals surface area (Å²) in [7, 11) is 0. The van der Waals surface area contributed by atoms with Gasteiger partial charge in [-0.1, -0.05) is 12.8 Å². The van der Waals surface area contributed by atoms with Gasteiger partial charge in [-0.3, -0.25) is 4.90 Å². The van der Waals surface area contributed by atoms with Crippen LogP contribution in [0.1, 0.15) is 43.4 Å².